The molecule has 17 heavy (non-hydrogen) atoms. The molecule has 102 valence electrons. The Morgan fingerprint density at radius 3 is 1.35 bits per heavy atom. The average Bonchev–Trinajstić information content (AvgIpc) is 2.14. The molecular formula is C16H35Al. The van der Waals surface area contributed by atoms with Crippen molar-refractivity contribution in [2.24, 2.45) is 10.8 Å². The maximum Gasteiger partial charge on any atom is 0.269 e. The van der Waals surface area contributed by atoms with Crippen LogP contribution in [0.15, 0.2) is 0 Å². The van der Waals surface area contributed by atoms with E-state index >= 15 is 0 Å². The summed E-state index contributed by atoms with van der Waals surface area (Å²) in [6.07, 6.45) is 2.77. The van der Waals surface area contributed by atoms with Crippen molar-refractivity contribution in [3.05, 3.63) is 0 Å². The second kappa shape index (κ2) is 6.12. The van der Waals surface area contributed by atoms with Crippen LogP contribution in [0.4, 0.5) is 0 Å². The van der Waals surface area contributed by atoms with Crippen LogP contribution in [-0.2, 0) is 0 Å². The van der Waals surface area contributed by atoms with Crippen molar-refractivity contribution >= 4 is 14.1 Å². The molecule has 0 aromatic heterocycles. The highest BCUT2D eigenvalue weighted by Crippen LogP contribution is 2.58. The van der Waals surface area contributed by atoms with Crippen LogP contribution in [0.3, 0.4) is 0 Å². The zero-order valence-electron chi connectivity index (χ0n) is 13.9. The van der Waals surface area contributed by atoms with E-state index in [1.54, 1.807) is 0 Å². The molecule has 0 fully saturated rings. The minimum absolute atomic E-state index is 0.456. The zero-order chi connectivity index (χ0) is 13.9. The molecule has 0 aromatic carbocycles. The highest BCUT2D eigenvalue weighted by Gasteiger charge is 2.49. The molecule has 0 radical (unpaired) electrons. The van der Waals surface area contributed by atoms with Crippen molar-refractivity contribution in [2.45, 2.75) is 90.0 Å². The molecule has 0 saturated heterocycles. The molecule has 0 bridgehead atoms. The second-order valence-electron chi connectivity index (χ2n) is 8.01. The smallest absolute Gasteiger partial charge is 0.0963 e. The SMILES string of the molecule is C[CH2][Al]([CH2]C)[C](CC)(CC(C)(C)C)C(C)(C)C. The summed E-state index contributed by atoms with van der Waals surface area (Å²) in [5.74, 6) is 0. The molecule has 1 unspecified atom stereocenters. The Morgan fingerprint density at radius 2 is 1.18 bits per heavy atom. The van der Waals surface area contributed by atoms with Crippen LogP contribution in [0.5, 0.6) is 0 Å². The van der Waals surface area contributed by atoms with Crippen LogP contribution < -0.4 is 0 Å². The molecule has 0 heterocycles. The summed E-state index contributed by atoms with van der Waals surface area (Å²) < 4.78 is 0.620. The predicted octanol–water partition coefficient (Wildman–Crippen LogP) is 6.15. The van der Waals surface area contributed by atoms with Gasteiger partial charge >= 0.3 is 0 Å². The molecule has 0 amide bonds. The van der Waals surface area contributed by atoms with Crippen molar-refractivity contribution < 1.29 is 0 Å². The monoisotopic (exact) mass is 254 g/mol. The Labute approximate surface area is 115 Å². The topological polar surface area (TPSA) is 0 Å². The third kappa shape index (κ3) is 4.29. The van der Waals surface area contributed by atoms with E-state index in [9.17, 15) is 0 Å². The largest absolute Gasteiger partial charge is 0.269 e. The summed E-state index contributed by atoms with van der Waals surface area (Å²) in [7, 11) is 0. The average molecular weight is 254 g/mol. The molecule has 0 aliphatic heterocycles. The maximum atomic E-state index is 2.48. The summed E-state index contributed by atoms with van der Waals surface area (Å²) >= 11 is -0.668. The first-order valence-corrected chi connectivity index (χ1v) is 9.75. The summed E-state index contributed by atoms with van der Waals surface area (Å²) in [5, 5.41) is 2.91. The van der Waals surface area contributed by atoms with Crippen LogP contribution in [0.1, 0.15) is 75.2 Å². The lowest BCUT2D eigenvalue weighted by Crippen LogP contribution is -2.43. The molecule has 0 spiro atoms. The summed E-state index contributed by atoms with van der Waals surface area (Å²) in [6, 6.07) is 0. The Kier molecular flexibility index (Phi) is 6.31. The van der Waals surface area contributed by atoms with E-state index in [0.717, 1.165) is 0 Å². The van der Waals surface area contributed by atoms with Crippen molar-refractivity contribution in [1.29, 1.82) is 0 Å². The summed E-state index contributed by atoms with van der Waals surface area (Å²) in [4.78, 5) is 0. The lowest BCUT2D eigenvalue weighted by Gasteiger charge is -2.51. The Morgan fingerprint density at radius 1 is 0.765 bits per heavy atom. The van der Waals surface area contributed by atoms with Gasteiger partial charge in [0.2, 0.25) is 0 Å². The fourth-order valence-electron chi connectivity index (χ4n) is 3.98. The molecule has 0 nitrogen and oxygen atoms in total. The van der Waals surface area contributed by atoms with Gasteiger partial charge in [0.25, 0.3) is 14.1 Å². The van der Waals surface area contributed by atoms with Crippen molar-refractivity contribution in [3.63, 3.8) is 0 Å². The van der Waals surface area contributed by atoms with Gasteiger partial charge in [0.05, 0.1) is 0 Å². The molecule has 0 aliphatic carbocycles. The fourth-order valence-corrected chi connectivity index (χ4v) is 8.83. The highest BCUT2D eigenvalue weighted by atomic mass is 27.2. The first kappa shape index (κ1) is 17.5. The van der Waals surface area contributed by atoms with Crippen LogP contribution in [0.25, 0.3) is 0 Å². The van der Waals surface area contributed by atoms with E-state index < -0.39 is 14.1 Å². The van der Waals surface area contributed by atoms with Gasteiger partial charge in [-0.1, -0.05) is 90.0 Å². The second-order valence-corrected chi connectivity index (χ2v) is 12.1. The van der Waals surface area contributed by atoms with Crippen molar-refractivity contribution in [1.82, 2.24) is 0 Å². The van der Waals surface area contributed by atoms with E-state index in [-0.39, 0.29) is 0 Å². The van der Waals surface area contributed by atoms with Gasteiger partial charge in [-0.2, -0.15) is 0 Å². The molecule has 1 heteroatoms. The molecule has 0 N–H and O–H groups in total. The minimum Gasteiger partial charge on any atom is -0.0963 e. The Bertz CT molecular complexity index is 215. The molecule has 1 atom stereocenters. The lowest BCUT2D eigenvalue weighted by molar-refractivity contribution is 0.170. The number of rotatable bonds is 5. The van der Waals surface area contributed by atoms with Gasteiger partial charge in [-0.15, -0.1) is 0 Å². The van der Waals surface area contributed by atoms with Crippen LogP contribution in [0, 0.1) is 10.8 Å². The van der Waals surface area contributed by atoms with Gasteiger partial charge < -0.3 is 0 Å². The molecule has 0 rings (SSSR count). The molecule has 0 aliphatic rings. The van der Waals surface area contributed by atoms with Crippen LogP contribution in [0.2, 0.25) is 14.8 Å². The zero-order valence-corrected chi connectivity index (χ0v) is 15.1. The highest BCUT2D eigenvalue weighted by molar-refractivity contribution is 6.62. The van der Waals surface area contributed by atoms with Crippen LogP contribution >= 0.6 is 0 Å². The third-order valence-electron chi connectivity index (χ3n) is 4.74. The minimum atomic E-state index is -0.668. The van der Waals surface area contributed by atoms with E-state index in [1.807, 2.05) is 0 Å². The molecule has 0 aromatic rings. The molecule has 0 saturated carbocycles. The van der Waals surface area contributed by atoms with Gasteiger partial charge in [-0.05, 0) is 10.8 Å². The van der Waals surface area contributed by atoms with E-state index in [2.05, 4.69) is 62.3 Å². The van der Waals surface area contributed by atoms with Gasteiger partial charge in [0.15, 0.2) is 0 Å². The van der Waals surface area contributed by atoms with Gasteiger partial charge in [-0.25, -0.2) is 0 Å². The number of hydrogen-bond acceptors (Lipinski definition) is 0. The maximum absolute atomic E-state index is 2.48. The van der Waals surface area contributed by atoms with Gasteiger partial charge in [0.1, 0.15) is 0 Å². The predicted molar refractivity (Wildman–Crippen MR) is 83.2 cm³/mol. The normalized spacial score (nSPS) is 16.8. The van der Waals surface area contributed by atoms with E-state index in [1.165, 1.54) is 23.4 Å². The summed E-state index contributed by atoms with van der Waals surface area (Å²) in [6.45, 7) is 22.0. The fraction of sp³-hybridized carbons (Fsp3) is 1.00. The van der Waals surface area contributed by atoms with Gasteiger partial charge in [-0.3, -0.25) is 0 Å². The molecular weight excluding hydrogens is 219 g/mol. The summed E-state index contributed by atoms with van der Waals surface area (Å²) in [5.41, 5.74) is 0.914. The van der Waals surface area contributed by atoms with E-state index in [0.29, 0.717) is 15.1 Å². The Hall–Kier alpha value is 0.532. The van der Waals surface area contributed by atoms with Crippen molar-refractivity contribution in [3.8, 4) is 0 Å². The van der Waals surface area contributed by atoms with Crippen LogP contribution in [-0.4, -0.2) is 14.1 Å². The van der Waals surface area contributed by atoms with E-state index in [4.69, 9.17) is 0 Å². The lowest BCUT2D eigenvalue weighted by atomic mass is 9.70. The Balaban J connectivity index is 5.45. The van der Waals surface area contributed by atoms with Gasteiger partial charge in [0, 0.05) is 0 Å². The quantitative estimate of drug-likeness (QED) is 0.516. The first-order chi connectivity index (χ1) is 7.54. The third-order valence-corrected chi connectivity index (χ3v) is 9.75. The number of hydrogen-bond donors (Lipinski definition) is 0. The van der Waals surface area contributed by atoms with Crippen molar-refractivity contribution in [2.75, 3.05) is 0 Å². The standard InChI is InChI=1S/C12H25.2C2H5.Al/c1-8-10(12(5,6)7)9-11(2,3)4;2*1-2;/h8-9H2,1-7H3;2*1H2,2H3;. The first-order valence-electron chi connectivity index (χ1n) is 7.54.